The van der Waals surface area contributed by atoms with E-state index in [0.29, 0.717) is 25.1 Å². The minimum Gasteiger partial charge on any atom is -0.480 e. The molecule has 0 spiro atoms. The number of carbonyl (C=O) groups is 1. The number of nitrogens with zero attached hydrogens (tertiary/aromatic N) is 2. The topological polar surface area (TPSA) is 197 Å². The highest BCUT2D eigenvalue weighted by Crippen LogP contribution is 2.12. The summed E-state index contributed by atoms with van der Waals surface area (Å²) in [5, 5.41) is 18.5. The number of hydrogen-bond acceptors (Lipinski definition) is 6. The molecule has 0 aliphatic carbocycles. The van der Waals surface area contributed by atoms with Gasteiger partial charge in [-0.2, -0.15) is 0 Å². The second kappa shape index (κ2) is 12.0. The van der Waals surface area contributed by atoms with Crippen LogP contribution >= 0.6 is 12.4 Å². The Morgan fingerprint density at radius 1 is 1.30 bits per heavy atom. The molecule has 130 valence electrons. The minimum atomic E-state index is -1.00. The molecular weight excluding hydrogens is 328 g/mol. The Morgan fingerprint density at radius 3 is 2.22 bits per heavy atom. The third kappa shape index (κ3) is 11.7. The van der Waals surface area contributed by atoms with Crippen molar-refractivity contribution in [2.45, 2.75) is 18.9 Å². The first kappa shape index (κ1) is 22.7. The lowest BCUT2D eigenvalue weighted by molar-refractivity contribution is -0.384. The summed E-state index contributed by atoms with van der Waals surface area (Å²) in [5.41, 5.74) is 21.2. The molecule has 1 rings (SSSR count). The maximum Gasteiger partial charge on any atom is 0.320 e. The third-order valence-electron chi connectivity index (χ3n) is 2.39. The SMILES string of the molecule is Cl.NC(N)=NCCCC(N)C(=O)O.Nc1ccc([N+](=O)[O-])cc1. The normalized spacial score (nSPS) is 10.3. The molecule has 0 amide bonds. The zero-order valence-corrected chi connectivity index (χ0v) is 13.1. The Labute approximate surface area is 139 Å². The van der Waals surface area contributed by atoms with Crippen molar-refractivity contribution in [1.29, 1.82) is 0 Å². The highest BCUT2D eigenvalue weighted by molar-refractivity contribution is 5.85. The molecule has 10 nitrogen and oxygen atoms in total. The highest BCUT2D eigenvalue weighted by atomic mass is 35.5. The van der Waals surface area contributed by atoms with Gasteiger partial charge in [0.15, 0.2) is 5.96 Å². The van der Waals surface area contributed by atoms with Crippen LogP contribution < -0.4 is 22.9 Å². The highest BCUT2D eigenvalue weighted by Gasteiger charge is 2.09. The van der Waals surface area contributed by atoms with E-state index in [9.17, 15) is 14.9 Å². The van der Waals surface area contributed by atoms with E-state index in [4.69, 9.17) is 28.0 Å². The van der Waals surface area contributed by atoms with E-state index in [-0.39, 0.29) is 24.1 Å². The summed E-state index contributed by atoms with van der Waals surface area (Å²) in [6.45, 7) is 0.420. The predicted molar refractivity (Wildman–Crippen MR) is 90.3 cm³/mol. The first-order valence-electron chi connectivity index (χ1n) is 6.27. The van der Waals surface area contributed by atoms with Gasteiger partial charge in [0.05, 0.1) is 4.92 Å². The quantitative estimate of drug-likeness (QED) is 0.118. The predicted octanol–water partition coefficient (Wildman–Crippen LogP) is 0.0507. The van der Waals surface area contributed by atoms with E-state index in [1.807, 2.05) is 0 Å². The van der Waals surface area contributed by atoms with Crippen LogP contribution in [-0.2, 0) is 4.79 Å². The van der Waals surface area contributed by atoms with Crippen LogP contribution in [0.3, 0.4) is 0 Å². The smallest absolute Gasteiger partial charge is 0.320 e. The van der Waals surface area contributed by atoms with Crippen molar-refractivity contribution in [2.75, 3.05) is 12.3 Å². The monoisotopic (exact) mass is 348 g/mol. The Kier molecular flexibility index (Phi) is 11.8. The van der Waals surface area contributed by atoms with Crippen molar-refractivity contribution in [2.24, 2.45) is 22.2 Å². The number of nitrogen functional groups attached to an aromatic ring is 1. The van der Waals surface area contributed by atoms with Crippen molar-refractivity contribution in [3.8, 4) is 0 Å². The minimum absolute atomic E-state index is 0. The van der Waals surface area contributed by atoms with Gasteiger partial charge in [-0.15, -0.1) is 12.4 Å². The van der Waals surface area contributed by atoms with E-state index in [1.54, 1.807) is 0 Å². The van der Waals surface area contributed by atoms with Crippen LogP contribution in [0.25, 0.3) is 0 Å². The molecule has 1 atom stereocenters. The molecule has 11 heteroatoms. The van der Waals surface area contributed by atoms with Crippen LogP contribution in [0.4, 0.5) is 11.4 Å². The summed E-state index contributed by atoms with van der Waals surface area (Å²) in [4.78, 5) is 23.5. The number of carboxylic acids is 1. The summed E-state index contributed by atoms with van der Waals surface area (Å²) in [6, 6.07) is 4.92. The molecule has 0 heterocycles. The largest absolute Gasteiger partial charge is 0.480 e. The van der Waals surface area contributed by atoms with Gasteiger partial charge in [0.1, 0.15) is 6.04 Å². The maximum absolute atomic E-state index is 10.2. The number of benzene rings is 1. The number of carboxylic acid groups (broad SMARTS) is 1. The van der Waals surface area contributed by atoms with Crippen molar-refractivity contribution >= 4 is 35.7 Å². The molecule has 0 aromatic heterocycles. The molecule has 0 aliphatic heterocycles. The fourth-order valence-electron chi connectivity index (χ4n) is 1.24. The molecule has 0 fully saturated rings. The number of aliphatic imine (C=N–C) groups is 1. The first-order chi connectivity index (χ1) is 10.2. The van der Waals surface area contributed by atoms with Gasteiger partial charge in [0, 0.05) is 24.4 Å². The van der Waals surface area contributed by atoms with Crippen molar-refractivity contribution in [3.63, 3.8) is 0 Å². The number of halogens is 1. The fraction of sp³-hybridized carbons (Fsp3) is 0.333. The third-order valence-corrected chi connectivity index (χ3v) is 2.39. The van der Waals surface area contributed by atoms with Crippen LogP contribution in [-0.4, -0.2) is 34.5 Å². The van der Waals surface area contributed by atoms with Gasteiger partial charge in [-0.05, 0) is 25.0 Å². The Bertz CT molecular complexity index is 519. The molecule has 1 unspecified atom stereocenters. The average molecular weight is 349 g/mol. The molecule has 9 N–H and O–H groups in total. The molecule has 0 saturated carbocycles. The van der Waals surface area contributed by atoms with E-state index in [2.05, 4.69) is 4.99 Å². The number of nitro groups is 1. The van der Waals surface area contributed by atoms with Crippen LogP contribution in [0.15, 0.2) is 29.3 Å². The number of non-ortho nitro benzene ring substituents is 1. The molecule has 1 aromatic carbocycles. The fourth-order valence-corrected chi connectivity index (χ4v) is 1.24. The summed E-state index contributed by atoms with van der Waals surface area (Å²) in [6.07, 6.45) is 0.956. The van der Waals surface area contributed by atoms with Gasteiger partial charge in [-0.1, -0.05) is 0 Å². The number of anilines is 1. The standard InChI is InChI=1S/C6H14N4O2.C6H6N2O2.ClH/c7-4(5(11)12)2-1-3-10-6(8)9;7-5-1-3-6(4-2-5)8(9)10;/h4H,1-3,7H2,(H,11,12)(H4,8,9,10);1-4H,7H2;1H. The van der Waals surface area contributed by atoms with Gasteiger partial charge in [0.2, 0.25) is 0 Å². The number of hydrogen-bond donors (Lipinski definition) is 5. The number of aliphatic carboxylic acids is 1. The van der Waals surface area contributed by atoms with Crippen LogP contribution in [0.1, 0.15) is 12.8 Å². The van der Waals surface area contributed by atoms with Crippen LogP contribution in [0.5, 0.6) is 0 Å². The Hall–Kier alpha value is -2.59. The van der Waals surface area contributed by atoms with Gasteiger partial charge < -0.3 is 28.0 Å². The number of guanidine groups is 1. The van der Waals surface area contributed by atoms with E-state index in [1.165, 1.54) is 24.3 Å². The summed E-state index contributed by atoms with van der Waals surface area (Å²) in [5.74, 6) is -0.987. The Morgan fingerprint density at radius 2 is 1.83 bits per heavy atom. The average Bonchev–Trinajstić information content (AvgIpc) is 2.44. The lowest BCUT2D eigenvalue weighted by Crippen LogP contribution is -2.30. The van der Waals surface area contributed by atoms with Gasteiger partial charge in [0.25, 0.3) is 5.69 Å². The lowest BCUT2D eigenvalue weighted by Gasteiger charge is -2.03. The van der Waals surface area contributed by atoms with Gasteiger partial charge in [-0.3, -0.25) is 19.9 Å². The molecule has 0 saturated heterocycles. The van der Waals surface area contributed by atoms with Gasteiger partial charge in [-0.25, -0.2) is 0 Å². The zero-order valence-electron chi connectivity index (χ0n) is 12.3. The number of nitrogens with two attached hydrogens (primary N) is 4. The number of rotatable bonds is 6. The van der Waals surface area contributed by atoms with E-state index < -0.39 is 16.9 Å². The molecule has 0 radical (unpaired) electrons. The Balaban J connectivity index is 0. The van der Waals surface area contributed by atoms with Crippen LogP contribution in [0, 0.1) is 10.1 Å². The number of nitro benzene ring substituents is 1. The zero-order chi connectivity index (χ0) is 17.1. The molecule has 1 aromatic rings. The van der Waals surface area contributed by atoms with Crippen molar-refractivity contribution in [1.82, 2.24) is 0 Å². The van der Waals surface area contributed by atoms with E-state index in [0.717, 1.165) is 0 Å². The van der Waals surface area contributed by atoms with Crippen LogP contribution in [0.2, 0.25) is 0 Å². The van der Waals surface area contributed by atoms with Gasteiger partial charge >= 0.3 is 5.97 Å². The lowest BCUT2D eigenvalue weighted by atomic mass is 10.2. The van der Waals surface area contributed by atoms with Crippen molar-refractivity contribution < 1.29 is 14.8 Å². The summed E-state index contributed by atoms with van der Waals surface area (Å²) >= 11 is 0. The molecule has 0 bridgehead atoms. The van der Waals surface area contributed by atoms with E-state index >= 15 is 0 Å². The molecular formula is C12H21ClN6O4. The summed E-state index contributed by atoms with van der Waals surface area (Å²) in [7, 11) is 0. The first-order valence-corrected chi connectivity index (χ1v) is 6.27. The second-order valence-electron chi connectivity index (χ2n) is 4.24. The maximum atomic E-state index is 10.2. The summed E-state index contributed by atoms with van der Waals surface area (Å²) < 4.78 is 0. The molecule has 0 aliphatic rings. The second-order valence-corrected chi connectivity index (χ2v) is 4.24. The van der Waals surface area contributed by atoms with Crippen molar-refractivity contribution in [3.05, 3.63) is 34.4 Å². The molecule has 23 heavy (non-hydrogen) atoms.